The maximum absolute atomic E-state index is 10.5. The molecule has 0 aliphatic rings. The van der Waals surface area contributed by atoms with Crippen molar-refractivity contribution in [2.75, 3.05) is 0 Å². The van der Waals surface area contributed by atoms with Gasteiger partial charge in [0.25, 0.3) is 5.56 Å². The van der Waals surface area contributed by atoms with Crippen molar-refractivity contribution < 1.29 is 0 Å². The van der Waals surface area contributed by atoms with Gasteiger partial charge in [-0.15, -0.1) is 12.4 Å². The molecule has 1 aromatic rings. The summed E-state index contributed by atoms with van der Waals surface area (Å²) in [5, 5.41) is 5.72. The Kier molecular flexibility index (Phi) is 3.49. The lowest BCUT2D eigenvalue weighted by atomic mass is 10.6. The fourth-order valence-corrected chi connectivity index (χ4v) is 0.535. The molecular formula is C4H4BrClN2O. The zero-order chi connectivity index (χ0) is 5.98. The van der Waals surface area contributed by atoms with Crippen molar-refractivity contribution in [3.05, 3.63) is 27.1 Å². The molecule has 3 nitrogen and oxygen atoms in total. The Labute approximate surface area is 66.0 Å². The van der Waals surface area contributed by atoms with E-state index in [2.05, 4.69) is 26.1 Å². The molecule has 0 unspecified atom stereocenters. The number of aromatic amines is 1. The lowest BCUT2D eigenvalue weighted by Gasteiger charge is -1.81. The van der Waals surface area contributed by atoms with Crippen LogP contribution in [0, 0.1) is 0 Å². The van der Waals surface area contributed by atoms with Gasteiger partial charge in [-0.25, -0.2) is 5.10 Å². The fourth-order valence-electron chi connectivity index (χ4n) is 0.328. The molecule has 0 fully saturated rings. The van der Waals surface area contributed by atoms with Crippen LogP contribution in [0.1, 0.15) is 0 Å². The van der Waals surface area contributed by atoms with Crippen LogP contribution in [-0.2, 0) is 0 Å². The normalized spacial score (nSPS) is 8.11. The molecule has 0 spiro atoms. The van der Waals surface area contributed by atoms with Crippen LogP contribution in [0.15, 0.2) is 21.5 Å². The molecule has 1 aromatic heterocycles. The molecule has 0 aromatic carbocycles. The SMILES string of the molecule is Cl.O=c1[nH]nccc1Br. The van der Waals surface area contributed by atoms with E-state index < -0.39 is 0 Å². The molecule has 5 heteroatoms. The van der Waals surface area contributed by atoms with Crippen LogP contribution >= 0.6 is 28.3 Å². The molecule has 0 bridgehead atoms. The van der Waals surface area contributed by atoms with E-state index in [4.69, 9.17) is 0 Å². The summed E-state index contributed by atoms with van der Waals surface area (Å²) in [5.41, 5.74) is -0.201. The van der Waals surface area contributed by atoms with E-state index in [1.165, 1.54) is 6.20 Å². The van der Waals surface area contributed by atoms with Gasteiger partial charge in [-0.3, -0.25) is 4.79 Å². The molecule has 50 valence electrons. The second-order valence-electron chi connectivity index (χ2n) is 1.23. The summed E-state index contributed by atoms with van der Waals surface area (Å²) in [7, 11) is 0. The summed E-state index contributed by atoms with van der Waals surface area (Å²) in [6.07, 6.45) is 1.51. The Bertz CT molecular complexity index is 236. The minimum atomic E-state index is -0.201. The van der Waals surface area contributed by atoms with Gasteiger partial charge in [-0.1, -0.05) is 0 Å². The average molecular weight is 211 g/mol. The van der Waals surface area contributed by atoms with Crippen molar-refractivity contribution in [3.8, 4) is 0 Å². The van der Waals surface area contributed by atoms with Crippen LogP contribution < -0.4 is 5.56 Å². The van der Waals surface area contributed by atoms with Gasteiger partial charge < -0.3 is 0 Å². The van der Waals surface area contributed by atoms with Crippen molar-refractivity contribution in [1.29, 1.82) is 0 Å². The zero-order valence-corrected chi connectivity index (χ0v) is 6.70. The standard InChI is InChI=1S/C4H3BrN2O.ClH/c5-3-1-2-6-7-4(3)8;/h1-2H,(H,7,8);1H. The van der Waals surface area contributed by atoms with Gasteiger partial charge in [-0.05, 0) is 22.0 Å². The first-order valence-corrected chi connectivity index (χ1v) is 2.79. The van der Waals surface area contributed by atoms with Crippen LogP contribution in [0.2, 0.25) is 0 Å². The molecule has 1 N–H and O–H groups in total. The topological polar surface area (TPSA) is 45.8 Å². The molecule has 9 heavy (non-hydrogen) atoms. The number of H-pyrrole nitrogens is 1. The van der Waals surface area contributed by atoms with Crippen LogP contribution in [0.25, 0.3) is 0 Å². The smallest absolute Gasteiger partial charge is 0.267 e. The first kappa shape index (κ1) is 8.65. The van der Waals surface area contributed by atoms with Gasteiger partial charge in [0.1, 0.15) is 0 Å². The average Bonchev–Trinajstić information content (AvgIpc) is 1.77. The number of aromatic nitrogens is 2. The summed E-state index contributed by atoms with van der Waals surface area (Å²) < 4.78 is 0.507. The van der Waals surface area contributed by atoms with Crippen LogP contribution in [0.3, 0.4) is 0 Å². The molecule has 1 heterocycles. The quantitative estimate of drug-likeness (QED) is 0.695. The molecule has 1 rings (SSSR count). The monoisotopic (exact) mass is 210 g/mol. The highest BCUT2D eigenvalue weighted by Crippen LogP contribution is 1.95. The maximum atomic E-state index is 10.5. The molecule has 0 saturated heterocycles. The van der Waals surface area contributed by atoms with Crippen LogP contribution in [0.5, 0.6) is 0 Å². The summed E-state index contributed by atoms with van der Waals surface area (Å²) in [5.74, 6) is 0. The van der Waals surface area contributed by atoms with Crippen molar-refractivity contribution in [1.82, 2.24) is 10.2 Å². The van der Waals surface area contributed by atoms with E-state index in [1.54, 1.807) is 6.07 Å². The van der Waals surface area contributed by atoms with Crippen molar-refractivity contribution in [2.45, 2.75) is 0 Å². The number of hydrogen-bond acceptors (Lipinski definition) is 2. The van der Waals surface area contributed by atoms with E-state index in [0.717, 1.165) is 0 Å². The molecule has 0 amide bonds. The third-order valence-corrected chi connectivity index (χ3v) is 1.30. The summed E-state index contributed by atoms with van der Waals surface area (Å²) in [6.45, 7) is 0. The molecule has 0 aliphatic heterocycles. The highest BCUT2D eigenvalue weighted by atomic mass is 79.9. The van der Waals surface area contributed by atoms with E-state index in [9.17, 15) is 4.79 Å². The molecule has 0 radical (unpaired) electrons. The van der Waals surface area contributed by atoms with E-state index in [-0.39, 0.29) is 18.0 Å². The summed E-state index contributed by atoms with van der Waals surface area (Å²) >= 11 is 3.01. The lowest BCUT2D eigenvalue weighted by molar-refractivity contribution is 0.979. The highest BCUT2D eigenvalue weighted by molar-refractivity contribution is 9.10. The Morgan fingerprint density at radius 3 is 2.67 bits per heavy atom. The molecule has 0 atom stereocenters. The molecule has 0 saturated carbocycles. The Morgan fingerprint density at radius 2 is 2.33 bits per heavy atom. The Hall–Kier alpha value is -0.350. The van der Waals surface area contributed by atoms with Crippen LogP contribution in [0.4, 0.5) is 0 Å². The van der Waals surface area contributed by atoms with Crippen molar-refractivity contribution in [3.63, 3.8) is 0 Å². The predicted molar refractivity (Wildman–Crippen MR) is 39.8 cm³/mol. The molecule has 0 aliphatic carbocycles. The summed E-state index contributed by atoms with van der Waals surface area (Å²) in [6, 6.07) is 1.58. The second kappa shape index (κ2) is 3.63. The number of nitrogens with one attached hydrogen (secondary N) is 1. The number of nitrogens with zero attached hydrogens (tertiary/aromatic N) is 1. The lowest BCUT2D eigenvalue weighted by Crippen LogP contribution is -2.06. The highest BCUT2D eigenvalue weighted by Gasteiger charge is 1.87. The maximum Gasteiger partial charge on any atom is 0.278 e. The third-order valence-electron chi connectivity index (χ3n) is 0.678. The van der Waals surface area contributed by atoms with E-state index in [0.29, 0.717) is 4.47 Å². The van der Waals surface area contributed by atoms with Crippen molar-refractivity contribution in [2.24, 2.45) is 0 Å². The van der Waals surface area contributed by atoms with Gasteiger partial charge in [-0.2, -0.15) is 5.10 Å². The van der Waals surface area contributed by atoms with E-state index in [1.807, 2.05) is 0 Å². The third kappa shape index (κ3) is 2.15. The minimum Gasteiger partial charge on any atom is -0.267 e. The number of halogens is 2. The van der Waals surface area contributed by atoms with Gasteiger partial charge in [0.05, 0.1) is 4.47 Å². The van der Waals surface area contributed by atoms with Gasteiger partial charge in [0.2, 0.25) is 0 Å². The largest absolute Gasteiger partial charge is 0.278 e. The van der Waals surface area contributed by atoms with Gasteiger partial charge in [0.15, 0.2) is 0 Å². The first-order chi connectivity index (χ1) is 3.80. The number of hydrogen-bond donors (Lipinski definition) is 1. The Morgan fingerprint density at radius 1 is 1.67 bits per heavy atom. The van der Waals surface area contributed by atoms with Crippen LogP contribution in [-0.4, -0.2) is 10.2 Å². The Balaban J connectivity index is 0.000000640. The van der Waals surface area contributed by atoms with Crippen molar-refractivity contribution >= 4 is 28.3 Å². The zero-order valence-electron chi connectivity index (χ0n) is 4.30. The second-order valence-corrected chi connectivity index (χ2v) is 2.09. The predicted octanol–water partition coefficient (Wildman–Crippen LogP) is 0.954. The minimum absolute atomic E-state index is 0. The summed E-state index contributed by atoms with van der Waals surface area (Å²) in [4.78, 5) is 10.5. The van der Waals surface area contributed by atoms with Gasteiger partial charge in [0, 0.05) is 6.20 Å². The number of rotatable bonds is 0. The van der Waals surface area contributed by atoms with E-state index >= 15 is 0 Å². The first-order valence-electron chi connectivity index (χ1n) is 2.00. The molecular weight excluding hydrogens is 207 g/mol. The van der Waals surface area contributed by atoms with Gasteiger partial charge >= 0.3 is 0 Å². The fraction of sp³-hybridized carbons (Fsp3) is 0.